The van der Waals surface area contributed by atoms with Crippen LogP contribution in [-0.4, -0.2) is 30.4 Å². The lowest BCUT2D eigenvalue weighted by atomic mass is 9.67. The van der Waals surface area contributed by atoms with Crippen molar-refractivity contribution >= 4 is 5.91 Å². The van der Waals surface area contributed by atoms with Crippen molar-refractivity contribution in [2.45, 2.75) is 38.3 Å². The van der Waals surface area contributed by atoms with Crippen LogP contribution in [0.5, 0.6) is 0 Å². The SMILES string of the molecule is CC1C(NCCC(=O)N(C)Cc2ccccc2)CC1c1ccccc1. The van der Waals surface area contributed by atoms with Gasteiger partial charge in [-0.2, -0.15) is 0 Å². The average molecular weight is 336 g/mol. The zero-order chi connectivity index (χ0) is 17.6. The first-order valence-corrected chi connectivity index (χ1v) is 9.21. The minimum absolute atomic E-state index is 0.197. The van der Waals surface area contributed by atoms with Crippen LogP contribution in [0.25, 0.3) is 0 Å². The Morgan fingerprint density at radius 2 is 1.72 bits per heavy atom. The van der Waals surface area contributed by atoms with Crippen molar-refractivity contribution in [2.75, 3.05) is 13.6 Å². The molecule has 3 nitrogen and oxygen atoms in total. The van der Waals surface area contributed by atoms with Gasteiger partial charge in [-0.3, -0.25) is 4.79 Å². The van der Waals surface area contributed by atoms with Crippen molar-refractivity contribution < 1.29 is 4.79 Å². The molecule has 2 aromatic carbocycles. The van der Waals surface area contributed by atoms with Gasteiger partial charge in [-0.05, 0) is 29.4 Å². The number of benzene rings is 2. The summed E-state index contributed by atoms with van der Waals surface area (Å²) in [6, 6.07) is 21.4. The molecule has 1 aliphatic carbocycles. The van der Waals surface area contributed by atoms with E-state index in [1.165, 1.54) is 17.5 Å². The van der Waals surface area contributed by atoms with Gasteiger partial charge >= 0.3 is 0 Å². The van der Waals surface area contributed by atoms with Crippen LogP contribution in [0.4, 0.5) is 0 Å². The van der Waals surface area contributed by atoms with Gasteiger partial charge in [0.15, 0.2) is 0 Å². The zero-order valence-electron chi connectivity index (χ0n) is 15.2. The Kier molecular flexibility index (Phi) is 5.87. The maximum absolute atomic E-state index is 12.3. The molecule has 3 rings (SSSR count). The van der Waals surface area contributed by atoms with Gasteiger partial charge < -0.3 is 10.2 Å². The van der Waals surface area contributed by atoms with E-state index in [1.807, 2.05) is 30.1 Å². The van der Waals surface area contributed by atoms with E-state index in [2.05, 4.69) is 54.7 Å². The van der Waals surface area contributed by atoms with Gasteiger partial charge in [0, 0.05) is 32.6 Å². The van der Waals surface area contributed by atoms with E-state index < -0.39 is 0 Å². The van der Waals surface area contributed by atoms with Gasteiger partial charge in [0.1, 0.15) is 0 Å². The van der Waals surface area contributed by atoms with Crippen LogP contribution in [-0.2, 0) is 11.3 Å². The second-order valence-corrected chi connectivity index (χ2v) is 7.16. The fourth-order valence-corrected chi connectivity index (χ4v) is 3.70. The van der Waals surface area contributed by atoms with E-state index >= 15 is 0 Å². The Labute approximate surface area is 151 Å². The van der Waals surface area contributed by atoms with Crippen LogP contribution in [0.2, 0.25) is 0 Å². The third kappa shape index (κ3) is 4.49. The minimum atomic E-state index is 0.197. The van der Waals surface area contributed by atoms with Crippen LogP contribution in [0.15, 0.2) is 60.7 Å². The molecular formula is C22H28N2O. The molecule has 0 heterocycles. The number of nitrogens with zero attached hydrogens (tertiary/aromatic N) is 1. The average Bonchev–Trinajstić information content (AvgIpc) is 2.65. The van der Waals surface area contributed by atoms with Crippen molar-refractivity contribution in [3.63, 3.8) is 0 Å². The molecule has 3 heteroatoms. The van der Waals surface area contributed by atoms with Gasteiger partial charge in [-0.1, -0.05) is 67.6 Å². The molecule has 2 aromatic rings. The molecule has 3 unspecified atom stereocenters. The van der Waals surface area contributed by atoms with Crippen molar-refractivity contribution in [3.05, 3.63) is 71.8 Å². The predicted molar refractivity (Wildman–Crippen MR) is 102 cm³/mol. The summed E-state index contributed by atoms with van der Waals surface area (Å²) in [7, 11) is 1.88. The summed E-state index contributed by atoms with van der Waals surface area (Å²) in [5.74, 6) is 1.47. The molecule has 1 N–H and O–H groups in total. The van der Waals surface area contributed by atoms with E-state index in [9.17, 15) is 4.79 Å². The first-order chi connectivity index (χ1) is 12.1. The maximum Gasteiger partial charge on any atom is 0.223 e. The first kappa shape index (κ1) is 17.7. The fraction of sp³-hybridized carbons (Fsp3) is 0.409. The number of nitrogens with one attached hydrogen (secondary N) is 1. The largest absolute Gasteiger partial charge is 0.341 e. The normalized spacial score (nSPS) is 22.2. The minimum Gasteiger partial charge on any atom is -0.341 e. The third-order valence-electron chi connectivity index (χ3n) is 5.44. The zero-order valence-corrected chi connectivity index (χ0v) is 15.2. The molecule has 0 radical (unpaired) electrons. The highest BCUT2D eigenvalue weighted by molar-refractivity contribution is 5.76. The topological polar surface area (TPSA) is 32.3 Å². The predicted octanol–water partition coefficient (Wildman–Crippen LogP) is 3.82. The van der Waals surface area contributed by atoms with Gasteiger partial charge in [0.2, 0.25) is 5.91 Å². The molecule has 1 saturated carbocycles. The van der Waals surface area contributed by atoms with E-state index in [0.717, 1.165) is 6.54 Å². The van der Waals surface area contributed by atoms with Crippen molar-refractivity contribution in [1.82, 2.24) is 10.2 Å². The summed E-state index contributed by atoms with van der Waals surface area (Å²) >= 11 is 0. The van der Waals surface area contributed by atoms with E-state index in [4.69, 9.17) is 0 Å². The molecule has 1 fully saturated rings. The lowest BCUT2D eigenvalue weighted by Crippen LogP contribution is -2.48. The highest BCUT2D eigenvalue weighted by Crippen LogP contribution is 2.42. The van der Waals surface area contributed by atoms with E-state index in [1.54, 1.807) is 0 Å². The van der Waals surface area contributed by atoms with Crippen LogP contribution < -0.4 is 5.32 Å². The second kappa shape index (κ2) is 8.30. The first-order valence-electron chi connectivity index (χ1n) is 9.21. The number of rotatable bonds is 7. The molecule has 0 spiro atoms. The molecule has 0 saturated heterocycles. The van der Waals surface area contributed by atoms with Crippen molar-refractivity contribution in [1.29, 1.82) is 0 Å². The molecule has 0 bridgehead atoms. The number of carbonyl (C=O) groups excluding carboxylic acids is 1. The highest BCUT2D eigenvalue weighted by Gasteiger charge is 2.37. The summed E-state index contributed by atoms with van der Waals surface area (Å²) in [6.45, 7) is 3.74. The van der Waals surface area contributed by atoms with Crippen LogP contribution in [0, 0.1) is 5.92 Å². The maximum atomic E-state index is 12.3. The van der Waals surface area contributed by atoms with Crippen LogP contribution in [0.3, 0.4) is 0 Å². The molecule has 3 atom stereocenters. The van der Waals surface area contributed by atoms with E-state index in [0.29, 0.717) is 30.8 Å². The van der Waals surface area contributed by atoms with Crippen molar-refractivity contribution in [3.8, 4) is 0 Å². The molecule has 0 aliphatic heterocycles. The Morgan fingerprint density at radius 3 is 2.36 bits per heavy atom. The number of carbonyl (C=O) groups is 1. The quantitative estimate of drug-likeness (QED) is 0.834. The molecular weight excluding hydrogens is 308 g/mol. The smallest absolute Gasteiger partial charge is 0.223 e. The van der Waals surface area contributed by atoms with Gasteiger partial charge in [0.05, 0.1) is 0 Å². The van der Waals surface area contributed by atoms with Crippen molar-refractivity contribution in [2.24, 2.45) is 5.92 Å². The lowest BCUT2D eigenvalue weighted by Gasteiger charge is -2.44. The Bertz CT molecular complexity index is 671. The summed E-state index contributed by atoms with van der Waals surface area (Å²) in [5.41, 5.74) is 2.61. The Morgan fingerprint density at radius 1 is 1.08 bits per heavy atom. The molecule has 0 aromatic heterocycles. The third-order valence-corrected chi connectivity index (χ3v) is 5.44. The van der Waals surface area contributed by atoms with Gasteiger partial charge in [0.25, 0.3) is 0 Å². The Balaban J connectivity index is 1.38. The standard InChI is InChI=1S/C22H28N2O/c1-17-20(19-11-7-4-8-12-19)15-21(17)23-14-13-22(25)24(2)16-18-9-5-3-6-10-18/h3-12,17,20-21,23H,13-16H2,1-2H3. The summed E-state index contributed by atoms with van der Waals surface area (Å²) < 4.78 is 0. The monoisotopic (exact) mass is 336 g/mol. The lowest BCUT2D eigenvalue weighted by molar-refractivity contribution is -0.130. The summed E-state index contributed by atoms with van der Waals surface area (Å²) in [4.78, 5) is 14.1. The number of amides is 1. The summed E-state index contributed by atoms with van der Waals surface area (Å²) in [5, 5.41) is 3.57. The van der Waals surface area contributed by atoms with Gasteiger partial charge in [-0.25, -0.2) is 0 Å². The number of hydrogen-bond acceptors (Lipinski definition) is 2. The molecule has 25 heavy (non-hydrogen) atoms. The van der Waals surface area contributed by atoms with Crippen LogP contribution in [0.1, 0.15) is 36.8 Å². The number of hydrogen-bond donors (Lipinski definition) is 1. The Hall–Kier alpha value is -2.13. The van der Waals surface area contributed by atoms with Gasteiger partial charge in [-0.15, -0.1) is 0 Å². The molecule has 132 valence electrons. The molecule has 1 amide bonds. The fourth-order valence-electron chi connectivity index (χ4n) is 3.70. The summed E-state index contributed by atoms with van der Waals surface area (Å²) in [6.07, 6.45) is 1.72. The highest BCUT2D eigenvalue weighted by atomic mass is 16.2. The van der Waals surface area contributed by atoms with E-state index in [-0.39, 0.29) is 5.91 Å². The van der Waals surface area contributed by atoms with Crippen LogP contribution >= 0.6 is 0 Å². The second-order valence-electron chi connectivity index (χ2n) is 7.16. The molecule has 1 aliphatic rings.